The summed E-state index contributed by atoms with van der Waals surface area (Å²) in [6.07, 6.45) is 3.47. The lowest BCUT2D eigenvalue weighted by atomic mass is 10.1. The third-order valence-electron chi connectivity index (χ3n) is 4.74. The highest BCUT2D eigenvalue weighted by Gasteiger charge is 2.17. The Morgan fingerprint density at radius 1 is 1.06 bits per heavy atom. The molecule has 0 atom stereocenters. The summed E-state index contributed by atoms with van der Waals surface area (Å²) >= 11 is 0. The van der Waals surface area contributed by atoms with Crippen LogP contribution in [-0.2, 0) is 21.2 Å². The van der Waals surface area contributed by atoms with Crippen molar-refractivity contribution in [1.82, 2.24) is 5.32 Å². The van der Waals surface area contributed by atoms with Gasteiger partial charge in [0, 0.05) is 19.5 Å². The van der Waals surface area contributed by atoms with Crippen molar-refractivity contribution in [3.05, 3.63) is 54.1 Å². The van der Waals surface area contributed by atoms with Crippen LogP contribution in [0.4, 0.5) is 5.69 Å². The summed E-state index contributed by atoms with van der Waals surface area (Å²) in [6, 6.07) is 14.7. The number of carbonyl (C=O) groups is 1. The van der Waals surface area contributed by atoms with Gasteiger partial charge in [-0.25, -0.2) is 8.42 Å². The van der Waals surface area contributed by atoms with Crippen molar-refractivity contribution in [3.8, 4) is 11.5 Å². The maximum absolute atomic E-state index is 12.2. The zero-order valence-electron chi connectivity index (χ0n) is 18.5. The lowest BCUT2D eigenvalue weighted by Gasteiger charge is -2.22. The van der Waals surface area contributed by atoms with Crippen LogP contribution in [-0.4, -0.2) is 47.4 Å². The van der Waals surface area contributed by atoms with Crippen LogP contribution in [0.15, 0.2) is 48.5 Å². The first-order chi connectivity index (χ1) is 14.8. The number of para-hydroxylation sites is 1. The number of carbonyl (C=O) groups excluding carboxylic acids is 1. The zero-order chi connectivity index (χ0) is 22.7. The normalized spacial score (nSPS) is 11.1. The Bertz CT molecular complexity index is 929. The van der Waals surface area contributed by atoms with Crippen LogP contribution in [0.3, 0.4) is 0 Å². The number of anilines is 1. The van der Waals surface area contributed by atoms with Gasteiger partial charge < -0.3 is 14.8 Å². The fourth-order valence-corrected chi connectivity index (χ4v) is 4.19. The predicted molar refractivity (Wildman–Crippen MR) is 123 cm³/mol. The molecule has 2 aromatic carbocycles. The van der Waals surface area contributed by atoms with Crippen molar-refractivity contribution < 1.29 is 22.7 Å². The van der Waals surface area contributed by atoms with E-state index in [1.807, 2.05) is 31.2 Å². The van der Waals surface area contributed by atoms with Crippen molar-refractivity contribution in [2.45, 2.75) is 32.6 Å². The van der Waals surface area contributed by atoms with Crippen LogP contribution >= 0.6 is 0 Å². The van der Waals surface area contributed by atoms with E-state index < -0.39 is 10.0 Å². The van der Waals surface area contributed by atoms with Crippen LogP contribution in [0, 0.1) is 0 Å². The monoisotopic (exact) mass is 448 g/mol. The highest BCUT2D eigenvalue weighted by molar-refractivity contribution is 7.92. The minimum absolute atomic E-state index is 0.0822. The molecule has 0 radical (unpaired) electrons. The standard InChI is InChI=1S/C23H32N2O5S/c1-4-30-22-11-6-5-9-19(22)10-7-17-24-23(26)12-8-18-25(31(3,27)28)20-13-15-21(29-2)16-14-20/h5-6,9,11,13-16H,4,7-8,10,12,17-18H2,1-3H3,(H,24,26). The van der Waals surface area contributed by atoms with Crippen LogP contribution in [0.25, 0.3) is 0 Å². The molecular formula is C23H32N2O5S. The van der Waals surface area contributed by atoms with E-state index in [1.165, 1.54) is 4.31 Å². The predicted octanol–water partition coefficient (Wildman–Crippen LogP) is 3.39. The number of hydrogen-bond donors (Lipinski definition) is 1. The average molecular weight is 449 g/mol. The fourth-order valence-electron chi connectivity index (χ4n) is 3.22. The van der Waals surface area contributed by atoms with E-state index in [-0.39, 0.29) is 18.9 Å². The fraction of sp³-hybridized carbons (Fsp3) is 0.435. The van der Waals surface area contributed by atoms with E-state index in [9.17, 15) is 13.2 Å². The molecule has 7 nitrogen and oxygen atoms in total. The second kappa shape index (κ2) is 12.2. The first-order valence-corrected chi connectivity index (χ1v) is 12.3. The summed E-state index contributed by atoms with van der Waals surface area (Å²) in [5.74, 6) is 1.46. The van der Waals surface area contributed by atoms with E-state index in [0.29, 0.717) is 31.0 Å². The SMILES string of the molecule is CCOc1ccccc1CCCNC(=O)CCCN(c1ccc(OC)cc1)S(C)(=O)=O. The Balaban J connectivity index is 1.77. The molecule has 0 bridgehead atoms. The largest absolute Gasteiger partial charge is 0.497 e. The van der Waals surface area contributed by atoms with E-state index in [4.69, 9.17) is 9.47 Å². The molecule has 0 aromatic heterocycles. The molecule has 31 heavy (non-hydrogen) atoms. The number of rotatable bonds is 13. The summed E-state index contributed by atoms with van der Waals surface area (Å²) in [4.78, 5) is 12.2. The van der Waals surface area contributed by atoms with Crippen molar-refractivity contribution in [2.24, 2.45) is 0 Å². The molecule has 0 fully saturated rings. The molecule has 0 spiro atoms. The van der Waals surface area contributed by atoms with Gasteiger partial charge >= 0.3 is 0 Å². The summed E-state index contributed by atoms with van der Waals surface area (Å²) in [5.41, 5.74) is 1.68. The zero-order valence-corrected chi connectivity index (χ0v) is 19.3. The lowest BCUT2D eigenvalue weighted by Crippen LogP contribution is -2.32. The van der Waals surface area contributed by atoms with Crippen molar-refractivity contribution in [3.63, 3.8) is 0 Å². The van der Waals surface area contributed by atoms with Gasteiger partial charge in [-0.15, -0.1) is 0 Å². The third-order valence-corrected chi connectivity index (χ3v) is 5.94. The Morgan fingerprint density at radius 3 is 2.42 bits per heavy atom. The molecule has 8 heteroatoms. The smallest absolute Gasteiger partial charge is 0.232 e. The molecule has 1 amide bonds. The van der Waals surface area contributed by atoms with Gasteiger partial charge in [-0.2, -0.15) is 0 Å². The summed E-state index contributed by atoms with van der Waals surface area (Å²) in [5, 5.41) is 2.91. The number of nitrogens with one attached hydrogen (secondary N) is 1. The number of nitrogens with zero attached hydrogens (tertiary/aromatic N) is 1. The second-order valence-electron chi connectivity index (χ2n) is 7.13. The minimum Gasteiger partial charge on any atom is -0.497 e. The van der Waals surface area contributed by atoms with Gasteiger partial charge in [-0.1, -0.05) is 18.2 Å². The first-order valence-electron chi connectivity index (χ1n) is 10.4. The molecule has 0 saturated heterocycles. The molecule has 0 heterocycles. The topological polar surface area (TPSA) is 84.9 Å². The first kappa shape index (κ1) is 24.5. The quantitative estimate of drug-likeness (QED) is 0.475. The molecule has 170 valence electrons. The molecule has 2 aromatic rings. The Kier molecular flexibility index (Phi) is 9.65. The molecule has 0 unspecified atom stereocenters. The minimum atomic E-state index is -3.45. The maximum atomic E-state index is 12.2. The van der Waals surface area contributed by atoms with Gasteiger partial charge in [0.2, 0.25) is 15.9 Å². The van der Waals surface area contributed by atoms with Crippen LogP contribution < -0.4 is 19.1 Å². The summed E-state index contributed by atoms with van der Waals surface area (Å²) in [6.45, 7) is 3.37. The van der Waals surface area contributed by atoms with E-state index in [1.54, 1.807) is 31.4 Å². The van der Waals surface area contributed by atoms with E-state index in [0.717, 1.165) is 30.4 Å². The van der Waals surface area contributed by atoms with Gasteiger partial charge in [-0.3, -0.25) is 9.10 Å². The molecule has 0 aliphatic rings. The van der Waals surface area contributed by atoms with Gasteiger partial charge in [0.15, 0.2) is 0 Å². The van der Waals surface area contributed by atoms with Gasteiger partial charge in [0.05, 0.1) is 25.7 Å². The molecule has 0 saturated carbocycles. The number of ether oxygens (including phenoxy) is 2. The van der Waals surface area contributed by atoms with Crippen molar-refractivity contribution >= 4 is 21.6 Å². The lowest BCUT2D eigenvalue weighted by molar-refractivity contribution is -0.121. The molecule has 2 rings (SSSR count). The highest BCUT2D eigenvalue weighted by atomic mass is 32.2. The summed E-state index contributed by atoms with van der Waals surface area (Å²) < 4.78 is 36.4. The average Bonchev–Trinajstić information content (AvgIpc) is 2.75. The molecule has 0 aliphatic carbocycles. The Labute approximate surface area is 185 Å². The van der Waals surface area contributed by atoms with Crippen molar-refractivity contribution in [2.75, 3.05) is 37.4 Å². The van der Waals surface area contributed by atoms with Crippen LogP contribution in [0.2, 0.25) is 0 Å². The van der Waals surface area contributed by atoms with Gasteiger partial charge in [0.1, 0.15) is 11.5 Å². The number of amides is 1. The van der Waals surface area contributed by atoms with Gasteiger partial charge in [-0.05, 0) is 62.1 Å². The number of sulfonamides is 1. The number of aryl methyl sites for hydroxylation is 1. The molecular weight excluding hydrogens is 416 g/mol. The second-order valence-corrected chi connectivity index (χ2v) is 9.04. The van der Waals surface area contributed by atoms with Crippen molar-refractivity contribution in [1.29, 1.82) is 0 Å². The molecule has 1 N–H and O–H groups in total. The maximum Gasteiger partial charge on any atom is 0.232 e. The number of methoxy groups -OCH3 is 1. The highest BCUT2D eigenvalue weighted by Crippen LogP contribution is 2.22. The summed E-state index contributed by atoms with van der Waals surface area (Å²) in [7, 11) is -1.89. The Hall–Kier alpha value is -2.74. The Morgan fingerprint density at radius 2 is 1.77 bits per heavy atom. The van der Waals surface area contributed by atoms with E-state index in [2.05, 4.69) is 5.32 Å². The number of hydrogen-bond acceptors (Lipinski definition) is 5. The third kappa shape index (κ3) is 8.13. The van der Waals surface area contributed by atoms with Crippen LogP contribution in [0.1, 0.15) is 31.7 Å². The molecule has 0 aliphatic heterocycles. The number of benzene rings is 2. The van der Waals surface area contributed by atoms with Gasteiger partial charge in [0.25, 0.3) is 0 Å². The van der Waals surface area contributed by atoms with Crippen LogP contribution in [0.5, 0.6) is 11.5 Å². The van der Waals surface area contributed by atoms with E-state index >= 15 is 0 Å².